The van der Waals surface area contributed by atoms with Crippen LogP contribution in [-0.2, 0) is 0 Å². The Morgan fingerprint density at radius 2 is 1.87 bits per heavy atom. The van der Waals surface area contributed by atoms with Crippen molar-refractivity contribution in [1.82, 2.24) is 10.6 Å². The number of nitrogens with zero attached hydrogens (tertiary/aromatic N) is 1. The third-order valence-corrected chi connectivity index (χ3v) is 5.45. The van der Waals surface area contributed by atoms with Crippen molar-refractivity contribution in [2.24, 2.45) is 0 Å². The highest BCUT2D eigenvalue weighted by Gasteiger charge is 2.24. The van der Waals surface area contributed by atoms with Crippen LogP contribution in [0.4, 0.5) is 14.9 Å². The number of carbonyl (C=O) groups is 2. The summed E-state index contributed by atoms with van der Waals surface area (Å²) in [4.78, 5) is 26.6. The van der Waals surface area contributed by atoms with Gasteiger partial charge in [0.2, 0.25) is 0 Å². The van der Waals surface area contributed by atoms with Gasteiger partial charge in [0, 0.05) is 34.4 Å². The van der Waals surface area contributed by atoms with Crippen molar-refractivity contribution >= 4 is 33.6 Å². The molecule has 0 spiro atoms. The van der Waals surface area contributed by atoms with Crippen molar-refractivity contribution < 1.29 is 14.0 Å². The van der Waals surface area contributed by atoms with Crippen molar-refractivity contribution in [3.8, 4) is 0 Å². The average Bonchev–Trinajstić information content (AvgIpc) is 3.19. The molecular formula is C23H19BrFN3O2. The molecule has 3 aromatic carbocycles. The minimum Gasteiger partial charge on any atom is -0.341 e. The second-order valence-corrected chi connectivity index (χ2v) is 7.83. The Bertz CT molecular complexity index is 1090. The van der Waals surface area contributed by atoms with E-state index in [1.165, 1.54) is 6.07 Å². The summed E-state index contributed by atoms with van der Waals surface area (Å²) in [6.45, 7) is 1.11. The Balaban J connectivity index is 1.65. The van der Waals surface area contributed by atoms with Gasteiger partial charge < -0.3 is 10.6 Å². The smallest absolute Gasteiger partial charge is 0.321 e. The van der Waals surface area contributed by atoms with E-state index in [-0.39, 0.29) is 11.9 Å². The summed E-state index contributed by atoms with van der Waals surface area (Å²) in [5.41, 5.74) is 2.17. The van der Waals surface area contributed by atoms with Crippen molar-refractivity contribution in [1.29, 1.82) is 0 Å². The molecular weight excluding hydrogens is 449 g/mol. The van der Waals surface area contributed by atoms with E-state index in [0.717, 1.165) is 5.56 Å². The largest absolute Gasteiger partial charge is 0.341 e. The van der Waals surface area contributed by atoms with Crippen molar-refractivity contribution in [2.75, 3.05) is 18.0 Å². The summed E-state index contributed by atoms with van der Waals surface area (Å²) in [5, 5.41) is 5.69. The first kappa shape index (κ1) is 20.1. The first-order valence-electron chi connectivity index (χ1n) is 9.49. The fourth-order valence-electron chi connectivity index (χ4n) is 3.47. The van der Waals surface area contributed by atoms with Gasteiger partial charge in [-0.3, -0.25) is 9.69 Å². The predicted octanol–water partition coefficient (Wildman–Crippen LogP) is 4.64. The Hall–Kier alpha value is -3.19. The number of hydrogen-bond acceptors (Lipinski definition) is 2. The number of halogens is 2. The van der Waals surface area contributed by atoms with Gasteiger partial charge in [-0.05, 0) is 35.9 Å². The minimum absolute atomic E-state index is 0.188. The van der Waals surface area contributed by atoms with Gasteiger partial charge in [-0.15, -0.1) is 0 Å². The molecule has 0 aromatic heterocycles. The average molecular weight is 468 g/mol. The highest BCUT2D eigenvalue weighted by atomic mass is 79.9. The Kier molecular flexibility index (Phi) is 5.81. The first-order chi connectivity index (χ1) is 14.5. The van der Waals surface area contributed by atoms with E-state index in [0.29, 0.717) is 34.4 Å². The maximum Gasteiger partial charge on any atom is 0.321 e. The third-order valence-electron chi connectivity index (χ3n) is 4.96. The maximum absolute atomic E-state index is 14.7. The highest BCUT2D eigenvalue weighted by Crippen LogP contribution is 2.27. The van der Waals surface area contributed by atoms with E-state index in [9.17, 15) is 14.0 Å². The van der Waals surface area contributed by atoms with Gasteiger partial charge in [0.25, 0.3) is 5.91 Å². The van der Waals surface area contributed by atoms with E-state index in [1.807, 2.05) is 30.3 Å². The van der Waals surface area contributed by atoms with Crippen LogP contribution in [0.3, 0.4) is 0 Å². The Morgan fingerprint density at radius 1 is 1.07 bits per heavy atom. The molecule has 1 unspecified atom stereocenters. The molecule has 0 saturated carbocycles. The maximum atomic E-state index is 14.7. The topological polar surface area (TPSA) is 61.4 Å². The number of rotatable bonds is 5. The fraction of sp³-hybridized carbons (Fsp3) is 0.130. The molecule has 2 N–H and O–H groups in total. The lowest BCUT2D eigenvalue weighted by Crippen LogP contribution is -2.31. The first-order valence-corrected chi connectivity index (χ1v) is 10.3. The number of urea groups is 1. The van der Waals surface area contributed by atoms with Crippen molar-refractivity contribution in [3.63, 3.8) is 0 Å². The molecule has 3 amide bonds. The van der Waals surface area contributed by atoms with Crippen LogP contribution in [0.1, 0.15) is 27.5 Å². The zero-order valence-electron chi connectivity index (χ0n) is 15.9. The Morgan fingerprint density at radius 3 is 2.57 bits per heavy atom. The van der Waals surface area contributed by atoms with E-state index >= 15 is 0 Å². The van der Waals surface area contributed by atoms with Gasteiger partial charge in [0.05, 0.1) is 6.04 Å². The van der Waals surface area contributed by atoms with Crippen LogP contribution in [0.25, 0.3) is 0 Å². The Labute approximate surface area is 182 Å². The summed E-state index contributed by atoms with van der Waals surface area (Å²) in [5.74, 6) is -0.770. The summed E-state index contributed by atoms with van der Waals surface area (Å²) in [6.07, 6.45) is 0. The second-order valence-electron chi connectivity index (χ2n) is 6.92. The van der Waals surface area contributed by atoms with Crippen LogP contribution in [0.2, 0.25) is 0 Å². The van der Waals surface area contributed by atoms with Crippen LogP contribution in [-0.4, -0.2) is 25.0 Å². The predicted molar refractivity (Wildman–Crippen MR) is 117 cm³/mol. The lowest BCUT2D eigenvalue weighted by atomic mass is 9.97. The monoisotopic (exact) mass is 467 g/mol. The standard InChI is InChI=1S/C23H19BrFN3O2/c24-17-9-10-19(20(25)14-17)21(15-5-2-1-3-6-15)27-22(29)16-7-4-8-18(13-16)28-12-11-26-23(28)30/h1-10,13-14,21H,11-12H2,(H,26,30)(H,27,29). The lowest BCUT2D eigenvalue weighted by molar-refractivity contribution is 0.0942. The van der Waals surface area contributed by atoms with Crippen LogP contribution in [0.15, 0.2) is 77.3 Å². The van der Waals surface area contributed by atoms with Gasteiger partial charge in [-0.25, -0.2) is 9.18 Å². The molecule has 0 bridgehead atoms. The van der Waals surface area contributed by atoms with Gasteiger partial charge >= 0.3 is 6.03 Å². The summed E-state index contributed by atoms with van der Waals surface area (Å²) in [7, 11) is 0. The molecule has 7 heteroatoms. The van der Waals surface area contributed by atoms with Crippen LogP contribution >= 0.6 is 15.9 Å². The van der Waals surface area contributed by atoms with E-state index in [4.69, 9.17) is 0 Å². The SMILES string of the molecule is O=C(NC(c1ccccc1)c1ccc(Br)cc1F)c1cccc(N2CCNC2=O)c1. The second kappa shape index (κ2) is 8.67. The summed E-state index contributed by atoms with van der Waals surface area (Å²) in [6, 6.07) is 20.0. The number of hydrogen-bond donors (Lipinski definition) is 2. The van der Waals surface area contributed by atoms with Crippen molar-refractivity contribution in [3.05, 3.63) is 99.8 Å². The molecule has 5 nitrogen and oxygen atoms in total. The highest BCUT2D eigenvalue weighted by molar-refractivity contribution is 9.10. The van der Waals surface area contributed by atoms with Crippen LogP contribution in [0, 0.1) is 5.82 Å². The van der Waals surface area contributed by atoms with Crippen LogP contribution < -0.4 is 15.5 Å². The van der Waals surface area contributed by atoms with E-state index in [2.05, 4.69) is 26.6 Å². The van der Waals surface area contributed by atoms with E-state index < -0.39 is 11.9 Å². The van der Waals surface area contributed by atoms with Crippen molar-refractivity contribution in [2.45, 2.75) is 6.04 Å². The molecule has 1 aliphatic heterocycles. The molecule has 4 rings (SSSR count). The number of benzene rings is 3. The zero-order chi connectivity index (χ0) is 21.1. The van der Waals surface area contributed by atoms with Gasteiger partial charge in [-0.2, -0.15) is 0 Å². The molecule has 1 heterocycles. The molecule has 1 saturated heterocycles. The molecule has 1 fully saturated rings. The molecule has 0 aliphatic carbocycles. The van der Waals surface area contributed by atoms with Gasteiger partial charge in [0.1, 0.15) is 5.82 Å². The molecule has 0 radical (unpaired) electrons. The zero-order valence-corrected chi connectivity index (χ0v) is 17.5. The number of anilines is 1. The van der Waals surface area contributed by atoms with E-state index in [1.54, 1.807) is 41.3 Å². The van der Waals surface area contributed by atoms with Gasteiger partial charge in [-0.1, -0.05) is 58.4 Å². The number of amides is 3. The third kappa shape index (κ3) is 4.21. The lowest BCUT2D eigenvalue weighted by Gasteiger charge is -2.21. The van der Waals surface area contributed by atoms with Gasteiger partial charge in [0.15, 0.2) is 0 Å². The minimum atomic E-state index is -0.662. The summed E-state index contributed by atoms with van der Waals surface area (Å²) >= 11 is 3.27. The molecule has 30 heavy (non-hydrogen) atoms. The molecule has 152 valence electrons. The molecule has 1 aliphatic rings. The number of nitrogens with one attached hydrogen (secondary N) is 2. The quantitative estimate of drug-likeness (QED) is 0.574. The van der Waals surface area contributed by atoms with Crippen LogP contribution in [0.5, 0.6) is 0 Å². The molecule has 1 atom stereocenters. The molecule has 3 aromatic rings. The number of carbonyl (C=O) groups excluding carboxylic acids is 2. The fourth-order valence-corrected chi connectivity index (χ4v) is 3.80. The summed E-state index contributed by atoms with van der Waals surface area (Å²) < 4.78 is 15.3. The normalized spacial score (nSPS) is 14.3.